The number of ketones is 1. The van der Waals surface area contributed by atoms with Crippen LogP contribution in [0, 0.1) is 12.7 Å². The smallest absolute Gasteiger partial charge is 0.147 e. The maximum atomic E-state index is 12.9. The Morgan fingerprint density at radius 2 is 2.00 bits per heavy atom. The molecule has 0 aliphatic carbocycles. The Hall–Kier alpha value is -1.32. The van der Waals surface area contributed by atoms with Crippen LogP contribution in [0.4, 0.5) is 4.39 Å². The standard InChI is InChI=1S/C16H14ClFOS/c1-11-4-2-3-5-16(11)20-10-14(19)8-12-6-7-13(18)9-15(12)17/h2-7,9H,8,10H2,1H3. The second-order valence-electron chi connectivity index (χ2n) is 4.51. The molecule has 0 fully saturated rings. The topological polar surface area (TPSA) is 17.1 Å². The van der Waals surface area contributed by atoms with E-state index in [1.165, 1.54) is 23.9 Å². The average Bonchev–Trinajstić information content (AvgIpc) is 2.41. The molecule has 0 amide bonds. The second-order valence-corrected chi connectivity index (χ2v) is 5.93. The van der Waals surface area contributed by atoms with E-state index < -0.39 is 0 Å². The minimum Gasteiger partial charge on any atom is -0.298 e. The minimum atomic E-state index is -0.388. The number of halogens is 2. The summed E-state index contributed by atoms with van der Waals surface area (Å²) in [4.78, 5) is 13.1. The van der Waals surface area contributed by atoms with Crippen molar-refractivity contribution in [3.63, 3.8) is 0 Å². The third-order valence-electron chi connectivity index (χ3n) is 2.88. The second kappa shape index (κ2) is 6.91. The molecule has 0 saturated carbocycles. The molecule has 2 rings (SSSR count). The predicted octanol–water partition coefficient (Wildman–Crippen LogP) is 4.69. The fourth-order valence-electron chi connectivity index (χ4n) is 1.81. The first-order valence-corrected chi connectivity index (χ1v) is 7.56. The van der Waals surface area contributed by atoms with Gasteiger partial charge in [0.1, 0.15) is 11.6 Å². The maximum absolute atomic E-state index is 12.9. The Balaban J connectivity index is 1.94. The summed E-state index contributed by atoms with van der Waals surface area (Å²) < 4.78 is 12.9. The van der Waals surface area contributed by atoms with E-state index in [-0.39, 0.29) is 18.0 Å². The molecule has 4 heteroatoms. The summed E-state index contributed by atoms with van der Waals surface area (Å²) in [6.45, 7) is 2.02. The van der Waals surface area contributed by atoms with Crippen LogP contribution in [-0.4, -0.2) is 11.5 Å². The third kappa shape index (κ3) is 4.09. The first-order valence-electron chi connectivity index (χ1n) is 6.20. The SMILES string of the molecule is Cc1ccccc1SCC(=O)Cc1ccc(F)cc1Cl. The maximum Gasteiger partial charge on any atom is 0.147 e. The van der Waals surface area contributed by atoms with Gasteiger partial charge in [-0.3, -0.25) is 4.79 Å². The van der Waals surface area contributed by atoms with E-state index in [0.29, 0.717) is 16.3 Å². The molecule has 0 atom stereocenters. The van der Waals surface area contributed by atoms with Crippen molar-refractivity contribution >= 4 is 29.1 Å². The molecule has 0 heterocycles. The zero-order chi connectivity index (χ0) is 14.5. The van der Waals surface area contributed by atoms with Gasteiger partial charge >= 0.3 is 0 Å². The summed E-state index contributed by atoms with van der Waals surface area (Å²) >= 11 is 7.43. The lowest BCUT2D eigenvalue weighted by molar-refractivity contribution is -0.116. The molecule has 0 aliphatic rings. The lowest BCUT2D eigenvalue weighted by Crippen LogP contribution is -2.06. The molecule has 0 radical (unpaired) electrons. The summed E-state index contributed by atoms with van der Waals surface area (Å²) in [5.41, 5.74) is 1.83. The van der Waals surface area contributed by atoms with Crippen LogP contribution in [0.25, 0.3) is 0 Å². The van der Waals surface area contributed by atoms with E-state index in [9.17, 15) is 9.18 Å². The molecule has 0 spiro atoms. The first-order chi connectivity index (χ1) is 9.56. The highest BCUT2D eigenvalue weighted by Crippen LogP contribution is 2.23. The Morgan fingerprint density at radius 1 is 1.25 bits per heavy atom. The monoisotopic (exact) mass is 308 g/mol. The summed E-state index contributed by atoms with van der Waals surface area (Å²) in [5, 5.41) is 0.305. The fourth-order valence-corrected chi connectivity index (χ4v) is 2.93. The zero-order valence-corrected chi connectivity index (χ0v) is 12.6. The van der Waals surface area contributed by atoms with Crippen molar-refractivity contribution in [3.05, 3.63) is 64.4 Å². The highest BCUT2D eigenvalue weighted by molar-refractivity contribution is 8.00. The van der Waals surface area contributed by atoms with E-state index in [1.54, 1.807) is 6.07 Å². The van der Waals surface area contributed by atoms with Crippen molar-refractivity contribution in [3.8, 4) is 0 Å². The summed E-state index contributed by atoms with van der Waals surface area (Å²) in [5.74, 6) is 0.0747. The lowest BCUT2D eigenvalue weighted by atomic mass is 10.1. The summed E-state index contributed by atoms with van der Waals surface area (Å²) in [6, 6.07) is 12.1. The number of carbonyl (C=O) groups is 1. The number of hydrogen-bond donors (Lipinski definition) is 0. The van der Waals surface area contributed by atoms with Gasteiger partial charge in [-0.1, -0.05) is 35.9 Å². The molecular formula is C16H14ClFOS. The number of rotatable bonds is 5. The molecule has 0 saturated heterocycles. The minimum absolute atomic E-state index is 0.0757. The van der Waals surface area contributed by atoms with Gasteiger partial charge in [-0.15, -0.1) is 11.8 Å². The Morgan fingerprint density at radius 3 is 2.70 bits per heavy atom. The fraction of sp³-hybridized carbons (Fsp3) is 0.188. The molecule has 0 unspecified atom stereocenters. The van der Waals surface area contributed by atoms with Gasteiger partial charge in [0.15, 0.2) is 0 Å². The van der Waals surface area contributed by atoms with Crippen molar-refractivity contribution in [2.45, 2.75) is 18.2 Å². The predicted molar refractivity (Wildman–Crippen MR) is 82.0 cm³/mol. The molecular weight excluding hydrogens is 295 g/mol. The Labute approximate surface area is 127 Å². The van der Waals surface area contributed by atoms with Crippen LogP contribution in [0.3, 0.4) is 0 Å². The first kappa shape index (κ1) is 15.1. The van der Waals surface area contributed by atoms with Crippen LogP contribution in [0.5, 0.6) is 0 Å². The molecule has 0 bridgehead atoms. The molecule has 0 N–H and O–H groups in total. The van der Waals surface area contributed by atoms with Crippen LogP contribution in [0.1, 0.15) is 11.1 Å². The summed E-state index contributed by atoms with van der Waals surface area (Å²) in [7, 11) is 0. The summed E-state index contributed by atoms with van der Waals surface area (Å²) in [6.07, 6.45) is 0.234. The third-order valence-corrected chi connectivity index (χ3v) is 4.47. The number of Topliss-reactive ketones (excluding diaryl/α,β-unsaturated/α-hetero) is 1. The number of carbonyl (C=O) groups excluding carboxylic acids is 1. The number of thioether (sulfide) groups is 1. The van der Waals surface area contributed by atoms with Gasteiger partial charge in [0.25, 0.3) is 0 Å². The van der Waals surface area contributed by atoms with Gasteiger partial charge in [-0.25, -0.2) is 4.39 Å². The van der Waals surface area contributed by atoms with E-state index in [2.05, 4.69) is 0 Å². The molecule has 0 aliphatic heterocycles. The van der Waals surface area contributed by atoms with Crippen molar-refractivity contribution in [2.24, 2.45) is 0 Å². The van der Waals surface area contributed by atoms with Gasteiger partial charge < -0.3 is 0 Å². The normalized spacial score (nSPS) is 10.6. The molecule has 1 nitrogen and oxygen atoms in total. The molecule has 2 aromatic carbocycles. The molecule has 2 aromatic rings. The lowest BCUT2D eigenvalue weighted by Gasteiger charge is -2.06. The highest BCUT2D eigenvalue weighted by Gasteiger charge is 2.09. The molecule has 104 valence electrons. The van der Waals surface area contributed by atoms with Crippen LogP contribution >= 0.6 is 23.4 Å². The largest absolute Gasteiger partial charge is 0.298 e. The van der Waals surface area contributed by atoms with E-state index in [0.717, 1.165) is 10.5 Å². The van der Waals surface area contributed by atoms with Gasteiger partial charge in [0, 0.05) is 16.3 Å². The number of benzene rings is 2. The average molecular weight is 309 g/mol. The van der Waals surface area contributed by atoms with E-state index in [4.69, 9.17) is 11.6 Å². The van der Waals surface area contributed by atoms with Crippen LogP contribution in [-0.2, 0) is 11.2 Å². The van der Waals surface area contributed by atoms with Crippen molar-refractivity contribution in [2.75, 3.05) is 5.75 Å². The van der Waals surface area contributed by atoms with Crippen molar-refractivity contribution in [1.82, 2.24) is 0 Å². The quantitative estimate of drug-likeness (QED) is 0.745. The van der Waals surface area contributed by atoms with Gasteiger partial charge in [-0.2, -0.15) is 0 Å². The van der Waals surface area contributed by atoms with E-state index >= 15 is 0 Å². The Kier molecular flexibility index (Phi) is 5.21. The zero-order valence-electron chi connectivity index (χ0n) is 11.0. The van der Waals surface area contributed by atoms with Crippen molar-refractivity contribution in [1.29, 1.82) is 0 Å². The molecule has 0 aromatic heterocycles. The Bertz CT molecular complexity index is 628. The van der Waals surface area contributed by atoms with Crippen LogP contribution in [0.2, 0.25) is 5.02 Å². The number of aryl methyl sites for hydroxylation is 1. The van der Waals surface area contributed by atoms with Gasteiger partial charge in [0.05, 0.1) is 5.75 Å². The van der Waals surface area contributed by atoms with E-state index in [1.807, 2.05) is 31.2 Å². The molecule has 20 heavy (non-hydrogen) atoms. The van der Waals surface area contributed by atoms with Crippen LogP contribution < -0.4 is 0 Å². The number of hydrogen-bond acceptors (Lipinski definition) is 2. The highest BCUT2D eigenvalue weighted by atomic mass is 35.5. The van der Waals surface area contributed by atoms with Crippen LogP contribution in [0.15, 0.2) is 47.4 Å². The van der Waals surface area contributed by atoms with Gasteiger partial charge in [-0.05, 0) is 36.2 Å². The van der Waals surface area contributed by atoms with Gasteiger partial charge in [0.2, 0.25) is 0 Å². The van der Waals surface area contributed by atoms with Crippen molar-refractivity contribution < 1.29 is 9.18 Å².